The van der Waals surface area contributed by atoms with Crippen molar-refractivity contribution in [2.45, 2.75) is 38.5 Å². The summed E-state index contributed by atoms with van der Waals surface area (Å²) < 4.78 is 19.5. The van der Waals surface area contributed by atoms with Crippen molar-refractivity contribution in [2.75, 3.05) is 11.9 Å². The van der Waals surface area contributed by atoms with Crippen LogP contribution in [0, 0.1) is 21.3 Å². The van der Waals surface area contributed by atoms with Gasteiger partial charge in [0.25, 0.3) is 5.69 Å². The van der Waals surface area contributed by atoms with Crippen molar-refractivity contribution >= 4 is 21.6 Å². The standard InChI is InChI=1S/C15H19BrFNO3/c16-10-15(7-3-1-2-4-8-15)11-21-14-6-5-12(18(19)20)9-13(14)17/h5-6,9H,1-4,7-8,10-11H2. The molecule has 0 atom stereocenters. The minimum absolute atomic E-state index is 0.0325. The highest BCUT2D eigenvalue weighted by Crippen LogP contribution is 2.37. The topological polar surface area (TPSA) is 52.4 Å². The highest BCUT2D eigenvalue weighted by molar-refractivity contribution is 9.09. The van der Waals surface area contributed by atoms with Crippen LogP contribution in [0.5, 0.6) is 5.75 Å². The minimum atomic E-state index is -0.678. The second kappa shape index (κ2) is 7.20. The average Bonchev–Trinajstić information content (AvgIpc) is 2.72. The Bertz CT molecular complexity index is 502. The van der Waals surface area contributed by atoms with Gasteiger partial charge in [-0.25, -0.2) is 4.39 Å². The van der Waals surface area contributed by atoms with E-state index in [0.717, 1.165) is 37.1 Å². The van der Waals surface area contributed by atoms with E-state index in [4.69, 9.17) is 4.74 Å². The van der Waals surface area contributed by atoms with Crippen LogP contribution in [0.1, 0.15) is 38.5 Å². The van der Waals surface area contributed by atoms with Crippen molar-refractivity contribution in [2.24, 2.45) is 5.41 Å². The molecule has 1 aliphatic carbocycles. The fraction of sp³-hybridized carbons (Fsp3) is 0.600. The molecule has 0 N–H and O–H groups in total. The number of non-ortho nitro benzene ring substituents is 1. The van der Waals surface area contributed by atoms with Gasteiger partial charge < -0.3 is 4.74 Å². The van der Waals surface area contributed by atoms with E-state index >= 15 is 0 Å². The molecule has 0 bridgehead atoms. The Morgan fingerprint density at radius 2 is 1.95 bits per heavy atom. The summed E-state index contributed by atoms with van der Waals surface area (Å²) in [5.74, 6) is -0.590. The van der Waals surface area contributed by atoms with Gasteiger partial charge in [0.15, 0.2) is 11.6 Å². The van der Waals surface area contributed by atoms with Gasteiger partial charge in [-0.2, -0.15) is 0 Å². The summed E-state index contributed by atoms with van der Waals surface area (Å²) in [6.45, 7) is 0.437. The number of nitro benzene ring substituents is 1. The lowest BCUT2D eigenvalue weighted by Crippen LogP contribution is -2.30. The number of ether oxygens (including phenoxy) is 1. The molecule has 4 nitrogen and oxygen atoms in total. The summed E-state index contributed by atoms with van der Waals surface area (Å²) in [6.07, 6.45) is 6.93. The molecule has 0 amide bonds. The van der Waals surface area contributed by atoms with Crippen molar-refractivity contribution in [3.63, 3.8) is 0 Å². The third-order valence-electron chi connectivity index (χ3n) is 4.11. The van der Waals surface area contributed by atoms with Crippen LogP contribution in [0.2, 0.25) is 0 Å². The highest BCUT2D eigenvalue weighted by atomic mass is 79.9. The van der Waals surface area contributed by atoms with Crippen molar-refractivity contribution in [3.05, 3.63) is 34.1 Å². The molecule has 0 heterocycles. The van der Waals surface area contributed by atoms with Crippen molar-refractivity contribution < 1.29 is 14.1 Å². The first-order chi connectivity index (χ1) is 10.1. The van der Waals surface area contributed by atoms with Gasteiger partial charge in [-0.05, 0) is 18.9 Å². The largest absolute Gasteiger partial charge is 0.490 e. The number of nitrogens with zero attached hydrogens (tertiary/aromatic N) is 1. The third kappa shape index (κ3) is 4.15. The molecule has 1 fully saturated rings. The highest BCUT2D eigenvalue weighted by Gasteiger charge is 2.31. The predicted octanol–water partition coefficient (Wildman–Crippen LogP) is 4.85. The number of nitro groups is 1. The van der Waals surface area contributed by atoms with Crippen LogP contribution in [0.3, 0.4) is 0 Å². The monoisotopic (exact) mass is 359 g/mol. The predicted molar refractivity (Wildman–Crippen MR) is 82.5 cm³/mol. The molecule has 0 unspecified atom stereocenters. The minimum Gasteiger partial charge on any atom is -0.490 e. The van der Waals surface area contributed by atoms with Crippen molar-refractivity contribution in [3.8, 4) is 5.75 Å². The van der Waals surface area contributed by atoms with E-state index in [0.29, 0.717) is 6.61 Å². The first-order valence-corrected chi connectivity index (χ1v) is 8.31. The zero-order valence-corrected chi connectivity index (χ0v) is 13.4. The van der Waals surface area contributed by atoms with E-state index in [1.165, 1.54) is 25.0 Å². The molecule has 1 aliphatic rings. The van der Waals surface area contributed by atoms with Crippen LogP contribution in [0.4, 0.5) is 10.1 Å². The smallest absolute Gasteiger partial charge is 0.272 e. The number of halogens is 2. The Hall–Kier alpha value is -1.17. The fourth-order valence-electron chi connectivity index (χ4n) is 2.75. The number of hydrogen-bond acceptors (Lipinski definition) is 3. The van der Waals surface area contributed by atoms with Gasteiger partial charge in [0.05, 0.1) is 17.6 Å². The Balaban J connectivity index is 2.05. The molecule has 1 aromatic carbocycles. The molecule has 0 saturated heterocycles. The molecule has 6 heteroatoms. The quantitative estimate of drug-likeness (QED) is 0.327. The molecule has 21 heavy (non-hydrogen) atoms. The molecule has 2 rings (SSSR count). The van der Waals surface area contributed by atoms with Crippen LogP contribution < -0.4 is 4.74 Å². The van der Waals surface area contributed by atoms with Crippen LogP contribution in [-0.4, -0.2) is 16.9 Å². The molecule has 1 aromatic rings. The number of benzene rings is 1. The van der Waals surface area contributed by atoms with Crippen LogP contribution in [-0.2, 0) is 0 Å². The third-order valence-corrected chi connectivity index (χ3v) is 5.30. The Labute approximate surface area is 132 Å². The molecular formula is C15H19BrFNO3. The normalized spacial score (nSPS) is 18.0. The van der Waals surface area contributed by atoms with Crippen LogP contribution in [0.15, 0.2) is 18.2 Å². The van der Waals surface area contributed by atoms with E-state index in [1.54, 1.807) is 0 Å². The van der Waals surface area contributed by atoms with Crippen molar-refractivity contribution in [1.82, 2.24) is 0 Å². The van der Waals surface area contributed by atoms with Crippen molar-refractivity contribution in [1.29, 1.82) is 0 Å². The lowest BCUT2D eigenvalue weighted by atomic mass is 9.83. The zero-order valence-electron chi connectivity index (χ0n) is 11.8. The lowest BCUT2D eigenvalue weighted by molar-refractivity contribution is -0.385. The Kier molecular flexibility index (Phi) is 5.56. The SMILES string of the molecule is O=[N+]([O-])c1ccc(OCC2(CBr)CCCCCC2)c(F)c1. The van der Waals surface area contributed by atoms with E-state index in [-0.39, 0.29) is 16.9 Å². The van der Waals surface area contributed by atoms with E-state index in [2.05, 4.69) is 15.9 Å². The summed E-state index contributed by atoms with van der Waals surface area (Å²) in [5, 5.41) is 11.4. The summed E-state index contributed by atoms with van der Waals surface area (Å²) >= 11 is 3.56. The maximum Gasteiger partial charge on any atom is 0.272 e. The summed E-state index contributed by atoms with van der Waals surface area (Å²) in [7, 11) is 0. The van der Waals surface area contributed by atoms with Gasteiger partial charge >= 0.3 is 0 Å². The van der Waals surface area contributed by atoms with Gasteiger partial charge in [-0.1, -0.05) is 41.6 Å². The van der Waals surface area contributed by atoms with E-state index in [1.807, 2.05) is 0 Å². The lowest BCUT2D eigenvalue weighted by Gasteiger charge is -2.30. The Morgan fingerprint density at radius 3 is 2.48 bits per heavy atom. The summed E-state index contributed by atoms with van der Waals surface area (Å²) in [6, 6.07) is 3.52. The van der Waals surface area contributed by atoms with E-state index < -0.39 is 10.7 Å². The Morgan fingerprint density at radius 1 is 1.29 bits per heavy atom. The second-order valence-electron chi connectivity index (χ2n) is 5.71. The fourth-order valence-corrected chi connectivity index (χ4v) is 3.47. The van der Waals surface area contributed by atoms with Gasteiger partial charge in [0, 0.05) is 16.8 Å². The molecule has 0 aliphatic heterocycles. The molecule has 0 spiro atoms. The molecule has 1 saturated carbocycles. The maximum atomic E-state index is 13.8. The molecule has 0 aromatic heterocycles. The summed E-state index contributed by atoms with van der Waals surface area (Å²) in [4.78, 5) is 9.98. The molecule has 0 radical (unpaired) electrons. The molecule has 116 valence electrons. The first kappa shape index (κ1) is 16.2. The van der Waals surface area contributed by atoms with Crippen LogP contribution >= 0.6 is 15.9 Å². The maximum absolute atomic E-state index is 13.8. The second-order valence-corrected chi connectivity index (χ2v) is 6.27. The molecular weight excluding hydrogens is 341 g/mol. The number of hydrogen-bond donors (Lipinski definition) is 0. The van der Waals surface area contributed by atoms with E-state index in [9.17, 15) is 14.5 Å². The van der Waals surface area contributed by atoms with Gasteiger partial charge in [-0.15, -0.1) is 0 Å². The van der Waals surface area contributed by atoms with Crippen LogP contribution in [0.25, 0.3) is 0 Å². The zero-order chi connectivity index (χ0) is 15.3. The number of rotatable bonds is 5. The summed E-state index contributed by atoms with van der Waals surface area (Å²) in [5.41, 5.74) is -0.227. The first-order valence-electron chi connectivity index (χ1n) is 7.19. The van der Waals surface area contributed by atoms with Gasteiger partial charge in [0.2, 0.25) is 0 Å². The number of alkyl halides is 1. The van der Waals surface area contributed by atoms with Gasteiger partial charge in [-0.3, -0.25) is 10.1 Å². The average molecular weight is 360 g/mol. The van der Waals surface area contributed by atoms with Gasteiger partial charge in [0.1, 0.15) is 0 Å².